The van der Waals surface area contributed by atoms with Crippen molar-refractivity contribution in [3.8, 4) is 0 Å². The summed E-state index contributed by atoms with van der Waals surface area (Å²) in [5, 5.41) is 7.43. The minimum atomic E-state index is -1.20. The van der Waals surface area contributed by atoms with Crippen LogP contribution in [0.15, 0.2) is 0 Å². The highest BCUT2D eigenvalue weighted by atomic mass is 16.6. The number of rotatable bonds is 2. The summed E-state index contributed by atoms with van der Waals surface area (Å²) in [6, 6.07) is 0. The van der Waals surface area contributed by atoms with Crippen molar-refractivity contribution in [2.75, 3.05) is 0 Å². The fourth-order valence-electron chi connectivity index (χ4n) is 3.37. The predicted molar refractivity (Wildman–Crippen MR) is 99.7 cm³/mol. The van der Waals surface area contributed by atoms with E-state index in [4.69, 9.17) is 20.4 Å². The zero-order valence-electron chi connectivity index (χ0n) is 16.4. The summed E-state index contributed by atoms with van der Waals surface area (Å²) in [5.74, 6) is -0.505. The SMILES string of the molecule is [B]C1([B])c2nnn(C(C)(C)C)c2CCCCC1CC(=O)OC(C)(C)C. The van der Waals surface area contributed by atoms with Gasteiger partial charge in [-0.05, 0) is 60.3 Å². The molecule has 25 heavy (non-hydrogen) atoms. The second-order valence-corrected chi connectivity index (χ2v) is 9.13. The smallest absolute Gasteiger partial charge is 0.306 e. The number of carbonyl (C=O) groups is 1. The normalized spacial score (nSPS) is 21.1. The van der Waals surface area contributed by atoms with E-state index < -0.39 is 10.8 Å². The molecule has 4 radical (unpaired) electrons. The largest absolute Gasteiger partial charge is 0.460 e. The second kappa shape index (κ2) is 6.81. The van der Waals surface area contributed by atoms with Gasteiger partial charge < -0.3 is 4.74 Å². The van der Waals surface area contributed by atoms with Crippen LogP contribution >= 0.6 is 0 Å². The number of fused-ring (bicyclic) bond motifs is 1. The molecule has 1 unspecified atom stereocenters. The Kier molecular flexibility index (Phi) is 5.46. The molecular formula is C18H29B2N3O2. The molecule has 1 aliphatic rings. The van der Waals surface area contributed by atoms with Gasteiger partial charge in [0.2, 0.25) is 0 Å². The quantitative estimate of drug-likeness (QED) is 0.613. The Labute approximate surface area is 154 Å². The van der Waals surface area contributed by atoms with Crippen LogP contribution in [-0.4, -0.2) is 42.3 Å². The van der Waals surface area contributed by atoms with E-state index in [9.17, 15) is 4.79 Å². The monoisotopic (exact) mass is 341 g/mol. The van der Waals surface area contributed by atoms with E-state index in [0.29, 0.717) is 5.69 Å². The molecular weight excluding hydrogens is 312 g/mol. The van der Waals surface area contributed by atoms with Crippen molar-refractivity contribution in [3.63, 3.8) is 0 Å². The molecule has 0 bridgehead atoms. The second-order valence-electron chi connectivity index (χ2n) is 9.13. The molecule has 0 N–H and O–H groups in total. The molecule has 134 valence electrons. The zero-order chi connectivity index (χ0) is 19.0. The standard InChI is InChI=1S/C18H29B2N3O2/c1-16(2,3)23-13-10-8-7-9-12(11-14(24)25-17(4,5)6)18(19,20)15(13)21-22-23/h12H,7-11H2,1-6H3. The molecule has 0 fully saturated rings. The average Bonchev–Trinajstić information content (AvgIpc) is 2.82. The van der Waals surface area contributed by atoms with Crippen LogP contribution in [0.25, 0.3) is 0 Å². The Morgan fingerprint density at radius 2 is 1.88 bits per heavy atom. The first kappa shape index (κ1) is 20.1. The molecule has 0 saturated heterocycles. The third-order valence-electron chi connectivity index (χ3n) is 4.53. The van der Waals surface area contributed by atoms with E-state index in [1.165, 1.54) is 0 Å². The summed E-state index contributed by atoms with van der Waals surface area (Å²) in [4.78, 5) is 12.3. The maximum atomic E-state index is 12.3. The number of ether oxygens (including phenoxy) is 1. The van der Waals surface area contributed by atoms with E-state index in [1.54, 1.807) is 0 Å². The van der Waals surface area contributed by atoms with Gasteiger partial charge in [0.05, 0.1) is 32.6 Å². The van der Waals surface area contributed by atoms with Gasteiger partial charge in [0.15, 0.2) is 0 Å². The highest BCUT2D eigenvalue weighted by Gasteiger charge is 2.39. The van der Waals surface area contributed by atoms with E-state index in [0.717, 1.165) is 31.4 Å². The highest BCUT2D eigenvalue weighted by molar-refractivity contribution is 6.40. The third-order valence-corrected chi connectivity index (χ3v) is 4.53. The first-order valence-electron chi connectivity index (χ1n) is 9.07. The van der Waals surface area contributed by atoms with Gasteiger partial charge in [0, 0.05) is 6.42 Å². The van der Waals surface area contributed by atoms with Crippen LogP contribution in [0.5, 0.6) is 0 Å². The van der Waals surface area contributed by atoms with Crippen LogP contribution in [0.1, 0.15) is 78.6 Å². The van der Waals surface area contributed by atoms with Gasteiger partial charge in [-0.2, -0.15) is 0 Å². The van der Waals surface area contributed by atoms with Crippen LogP contribution in [0.3, 0.4) is 0 Å². The molecule has 2 rings (SSSR count). The molecule has 1 aliphatic carbocycles. The summed E-state index contributed by atoms with van der Waals surface area (Å²) in [6.45, 7) is 11.8. The van der Waals surface area contributed by atoms with Gasteiger partial charge in [0.1, 0.15) is 5.60 Å². The molecule has 0 aromatic carbocycles. The van der Waals surface area contributed by atoms with Crippen molar-refractivity contribution in [2.24, 2.45) is 5.92 Å². The summed E-state index contributed by atoms with van der Waals surface area (Å²) < 4.78 is 7.37. The van der Waals surface area contributed by atoms with Gasteiger partial charge in [-0.1, -0.05) is 23.3 Å². The van der Waals surface area contributed by atoms with Gasteiger partial charge in [-0.25, -0.2) is 4.68 Å². The molecule has 1 atom stereocenters. The van der Waals surface area contributed by atoms with Crippen LogP contribution < -0.4 is 0 Å². The van der Waals surface area contributed by atoms with Gasteiger partial charge in [0.25, 0.3) is 0 Å². The molecule has 0 aliphatic heterocycles. The van der Waals surface area contributed by atoms with E-state index in [1.807, 2.05) is 25.5 Å². The van der Waals surface area contributed by atoms with Crippen molar-refractivity contribution in [1.82, 2.24) is 15.0 Å². The summed E-state index contributed by atoms with van der Waals surface area (Å²) in [7, 11) is 13.1. The molecule has 0 saturated carbocycles. The Morgan fingerprint density at radius 1 is 1.24 bits per heavy atom. The number of esters is 1. The molecule has 1 heterocycles. The lowest BCUT2D eigenvalue weighted by atomic mass is 9.44. The maximum absolute atomic E-state index is 12.3. The topological polar surface area (TPSA) is 57.0 Å². The van der Waals surface area contributed by atoms with Crippen molar-refractivity contribution in [3.05, 3.63) is 11.4 Å². The number of nitrogens with zero attached hydrogens (tertiary/aromatic N) is 3. The van der Waals surface area contributed by atoms with Crippen molar-refractivity contribution >= 4 is 21.7 Å². The minimum Gasteiger partial charge on any atom is -0.460 e. The highest BCUT2D eigenvalue weighted by Crippen LogP contribution is 2.37. The third kappa shape index (κ3) is 4.68. The van der Waals surface area contributed by atoms with Crippen molar-refractivity contribution in [2.45, 2.75) is 90.0 Å². The first-order valence-corrected chi connectivity index (χ1v) is 9.07. The van der Waals surface area contributed by atoms with E-state index >= 15 is 0 Å². The van der Waals surface area contributed by atoms with Gasteiger partial charge >= 0.3 is 5.97 Å². The minimum absolute atomic E-state index is 0.187. The van der Waals surface area contributed by atoms with E-state index in [-0.39, 0.29) is 23.8 Å². The lowest BCUT2D eigenvalue weighted by molar-refractivity contribution is -0.156. The molecule has 1 aromatic heterocycles. The zero-order valence-corrected chi connectivity index (χ0v) is 16.4. The molecule has 5 nitrogen and oxygen atoms in total. The predicted octanol–water partition coefficient (Wildman–Crippen LogP) is 2.60. The average molecular weight is 341 g/mol. The number of hydrogen-bond donors (Lipinski definition) is 0. The number of carbonyl (C=O) groups excluding carboxylic acids is 1. The number of aromatic nitrogens is 3. The van der Waals surface area contributed by atoms with Gasteiger partial charge in [-0.3, -0.25) is 4.79 Å². The van der Waals surface area contributed by atoms with Crippen LogP contribution in [0.4, 0.5) is 0 Å². The Morgan fingerprint density at radius 3 is 2.44 bits per heavy atom. The first-order chi connectivity index (χ1) is 11.3. The Balaban J connectivity index is 2.33. The maximum Gasteiger partial charge on any atom is 0.306 e. The lowest BCUT2D eigenvalue weighted by Crippen LogP contribution is -2.41. The summed E-state index contributed by atoms with van der Waals surface area (Å²) in [6.07, 6.45) is 3.75. The van der Waals surface area contributed by atoms with Crippen molar-refractivity contribution < 1.29 is 9.53 Å². The van der Waals surface area contributed by atoms with E-state index in [2.05, 4.69) is 31.1 Å². The molecule has 0 spiro atoms. The van der Waals surface area contributed by atoms with Crippen LogP contribution in [0.2, 0.25) is 0 Å². The summed E-state index contributed by atoms with van der Waals surface area (Å²) in [5.41, 5.74) is 0.865. The fourth-order valence-corrected chi connectivity index (χ4v) is 3.37. The van der Waals surface area contributed by atoms with Crippen LogP contribution in [-0.2, 0) is 26.7 Å². The molecule has 7 heteroatoms. The molecule has 0 amide bonds. The Hall–Kier alpha value is -1.26. The summed E-state index contributed by atoms with van der Waals surface area (Å²) >= 11 is 0. The fraction of sp³-hybridized carbons (Fsp3) is 0.833. The lowest BCUT2D eigenvalue weighted by Gasteiger charge is -2.37. The Bertz CT molecular complexity index is 627. The number of hydrogen-bond acceptors (Lipinski definition) is 4. The van der Waals surface area contributed by atoms with Gasteiger partial charge in [-0.15, -0.1) is 5.10 Å². The van der Waals surface area contributed by atoms with Crippen LogP contribution in [0, 0.1) is 5.92 Å². The van der Waals surface area contributed by atoms with Crippen molar-refractivity contribution in [1.29, 1.82) is 0 Å². The molecule has 1 aromatic rings.